The van der Waals surface area contributed by atoms with Gasteiger partial charge in [0.15, 0.2) is 0 Å². The first-order valence-corrected chi connectivity index (χ1v) is 12.0. The summed E-state index contributed by atoms with van der Waals surface area (Å²) >= 11 is 0. The quantitative estimate of drug-likeness (QED) is 0.257. The van der Waals surface area contributed by atoms with Gasteiger partial charge in [0.1, 0.15) is 11.6 Å². The number of aliphatic carboxylic acids is 1. The monoisotopic (exact) mass is 483 g/mol. The van der Waals surface area contributed by atoms with E-state index in [9.17, 15) is 9.90 Å². The van der Waals surface area contributed by atoms with E-state index in [-0.39, 0.29) is 18.3 Å². The van der Waals surface area contributed by atoms with Crippen molar-refractivity contribution in [2.75, 3.05) is 7.11 Å². The number of carboxylic acid groups (broad SMARTS) is 1. The van der Waals surface area contributed by atoms with Crippen molar-refractivity contribution >= 4 is 5.97 Å². The van der Waals surface area contributed by atoms with Crippen LogP contribution in [0, 0.1) is 5.82 Å². The Balaban J connectivity index is 1.81. The summed E-state index contributed by atoms with van der Waals surface area (Å²) in [5, 5.41) is 9.90. The Labute approximate surface area is 211 Å². The summed E-state index contributed by atoms with van der Waals surface area (Å²) in [7, 11) is 1.57. The predicted octanol–water partition coefficient (Wildman–Crippen LogP) is 7.28. The van der Waals surface area contributed by atoms with Crippen LogP contribution in [0.1, 0.15) is 42.1 Å². The Kier molecular flexibility index (Phi) is 8.13. The van der Waals surface area contributed by atoms with Crippen LogP contribution in [0.25, 0.3) is 11.1 Å². The van der Waals surface area contributed by atoms with Crippen LogP contribution < -0.4 is 4.74 Å². The lowest BCUT2D eigenvalue weighted by Gasteiger charge is -2.37. The van der Waals surface area contributed by atoms with Gasteiger partial charge in [0, 0.05) is 24.2 Å². The lowest BCUT2D eigenvalue weighted by Crippen LogP contribution is -2.32. The first kappa shape index (κ1) is 25.1. The fourth-order valence-corrected chi connectivity index (χ4v) is 4.59. The molecular weight excluding hydrogens is 453 g/mol. The minimum Gasteiger partial charge on any atom is -0.497 e. The van der Waals surface area contributed by atoms with Crippen molar-refractivity contribution in [3.8, 4) is 16.9 Å². The van der Waals surface area contributed by atoms with Gasteiger partial charge >= 0.3 is 5.97 Å². The molecule has 1 N–H and O–H groups in total. The largest absolute Gasteiger partial charge is 0.497 e. The van der Waals surface area contributed by atoms with Crippen LogP contribution in [-0.2, 0) is 11.3 Å². The molecule has 4 nitrogen and oxygen atoms in total. The fraction of sp³-hybridized carbons (Fsp3) is 0.194. The molecule has 0 aromatic heterocycles. The fourth-order valence-electron chi connectivity index (χ4n) is 4.59. The van der Waals surface area contributed by atoms with E-state index in [4.69, 9.17) is 4.74 Å². The molecule has 2 atom stereocenters. The molecule has 5 heteroatoms. The summed E-state index contributed by atoms with van der Waals surface area (Å²) in [4.78, 5) is 14.3. The zero-order valence-corrected chi connectivity index (χ0v) is 20.5. The second kappa shape index (κ2) is 11.6. The van der Waals surface area contributed by atoms with Gasteiger partial charge in [-0.2, -0.15) is 0 Å². The van der Waals surface area contributed by atoms with E-state index in [1.807, 2.05) is 78.9 Å². The van der Waals surface area contributed by atoms with E-state index in [1.165, 1.54) is 6.07 Å². The molecule has 0 saturated heterocycles. The summed E-state index contributed by atoms with van der Waals surface area (Å²) < 4.78 is 20.3. The van der Waals surface area contributed by atoms with Gasteiger partial charge in [0.2, 0.25) is 0 Å². The molecule has 4 aromatic carbocycles. The van der Waals surface area contributed by atoms with E-state index >= 15 is 4.39 Å². The summed E-state index contributed by atoms with van der Waals surface area (Å²) in [5.41, 5.74) is 3.99. The molecule has 0 amide bonds. The highest BCUT2D eigenvalue weighted by Crippen LogP contribution is 2.37. The van der Waals surface area contributed by atoms with Gasteiger partial charge in [-0.05, 0) is 53.4 Å². The maximum Gasteiger partial charge on any atom is 0.305 e. The zero-order chi connectivity index (χ0) is 25.5. The third-order valence-corrected chi connectivity index (χ3v) is 6.51. The van der Waals surface area contributed by atoms with Crippen molar-refractivity contribution < 1.29 is 19.0 Å². The standard InChI is InChI=1S/C31H30FNO3/c1-22(24-12-7-4-8-13-24)33(21-23-10-5-3-6-11-23)30(20-31(34)35)26-16-17-29(32)28(19-26)25-14-9-15-27(18-25)36-2/h3-19,22,30H,20-21H2,1-2H3,(H,34,35)/t22-,30?/m1/s1. The molecular formula is C31H30FNO3. The lowest BCUT2D eigenvalue weighted by atomic mass is 9.93. The normalized spacial score (nSPS) is 12.8. The number of halogens is 1. The Morgan fingerprint density at radius 3 is 2.25 bits per heavy atom. The van der Waals surface area contributed by atoms with Crippen molar-refractivity contribution in [1.29, 1.82) is 0 Å². The average Bonchev–Trinajstić information content (AvgIpc) is 2.91. The number of hydrogen-bond donors (Lipinski definition) is 1. The van der Waals surface area contributed by atoms with E-state index in [0.717, 1.165) is 16.7 Å². The van der Waals surface area contributed by atoms with Crippen LogP contribution in [0.4, 0.5) is 4.39 Å². The Bertz CT molecular complexity index is 1290. The molecule has 1 unspecified atom stereocenters. The number of carboxylic acids is 1. The molecule has 184 valence electrons. The Morgan fingerprint density at radius 2 is 1.58 bits per heavy atom. The molecule has 36 heavy (non-hydrogen) atoms. The highest BCUT2D eigenvalue weighted by atomic mass is 19.1. The number of carbonyl (C=O) groups is 1. The SMILES string of the molecule is COc1cccc(-c2cc(C(CC(=O)O)N(Cc3ccccc3)[C@H](C)c3ccccc3)ccc2F)c1. The van der Waals surface area contributed by atoms with E-state index < -0.39 is 12.0 Å². The van der Waals surface area contributed by atoms with E-state index in [2.05, 4.69) is 11.8 Å². The van der Waals surface area contributed by atoms with Crippen LogP contribution in [0.3, 0.4) is 0 Å². The highest BCUT2D eigenvalue weighted by Gasteiger charge is 2.29. The maximum absolute atomic E-state index is 15.0. The van der Waals surface area contributed by atoms with Gasteiger partial charge in [-0.3, -0.25) is 9.69 Å². The van der Waals surface area contributed by atoms with Crippen LogP contribution in [0.2, 0.25) is 0 Å². The Hall–Kier alpha value is -3.96. The number of rotatable bonds is 10. The van der Waals surface area contributed by atoms with Gasteiger partial charge in [0.05, 0.1) is 13.5 Å². The second-order valence-corrected chi connectivity index (χ2v) is 8.83. The first-order valence-electron chi connectivity index (χ1n) is 12.0. The molecule has 0 heterocycles. The topological polar surface area (TPSA) is 49.8 Å². The zero-order valence-electron chi connectivity index (χ0n) is 20.5. The number of ether oxygens (including phenoxy) is 1. The minimum absolute atomic E-state index is 0.0823. The second-order valence-electron chi connectivity index (χ2n) is 8.83. The predicted molar refractivity (Wildman–Crippen MR) is 140 cm³/mol. The summed E-state index contributed by atoms with van der Waals surface area (Å²) in [6.45, 7) is 2.63. The smallest absolute Gasteiger partial charge is 0.305 e. The van der Waals surface area contributed by atoms with Crippen LogP contribution in [-0.4, -0.2) is 23.1 Å². The molecule has 0 bridgehead atoms. The van der Waals surface area contributed by atoms with Crippen LogP contribution in [0.5, 0.6) is 5.75 Å². The van der Waals surface area contributed by atoms with Gasteiger partial charge < -0.3 is 9.84 Å². The maximum atomic E-state index is 15.0. The molecule has 0 saturated carbocycles. The first-order chi connectivity index (χ1) is 17.5. The molecule has 0 aliphatic heterocycles. The van der Waals surface area contributed by atoms with Gasteiger partial charge in [-0.25, -0.2) is 4.39 Å². The van der Waals surface area contributed by atoms with Crippen molar-refractivity contribution in [1.82, 2.24) is 4.90 Å². The number of methoxy groups -OCH3 is 1. The number of nitrogens with zero attached hydrogens (tertiary/aromatic N) is 1. The van der Waals surface area contributed by atoms with E-state index in [0.29, 0.717) is 23.4 Å². The molecule has 0 fully saturated rings. The van der Waals surface area contributed by atoms with Gasteiger partial charge in [0.25, 0.3) is 0 Å². The third-order valence-electron chi connectivity index (χ3n) is 6.51. The summed E-state index contributed by atoms with van der Waals surface area (Å²) in [6, 6.07) is 31.6. The highest BCUT2D eigenvalue weighted by molar-refractivity contribution is 5.69. The molecule has 0 aliphatic rings. The number of hydrogen-bond acceptors (Lipinski definition) is 3. The summed E-state index contributed by atoms with van der Waals surface area (Å²) in [5.74, 6) is -0.653. The van der Waals surface area contributed by atoms with E-state index in [1.54, 1.807) is 25.3 Å². The minimum atomic E-state index is -0.912. The molecule has 4 rings (SSSR count). The molecule has 0 radical (unpaired) electrons. The summed E-state index contributed by atoms with van der Waals surface area (Å²) in [6.07, 6.45) is -0.118. The van der Waals surface area contributed by atoms with Crippen molar-refractivity contribution in [2.45, 2.75) is 32.0 Å². The Morgan fingerprint density at radius 1 is 0.889 bits per heavy atom. The van der Waals surface area contributed by atoms with Crippen molar-refractivity contribution in [3.05, 3.63) is 126 Å². The third kappa shape index (κ3) is 5.99. The number of benzene rings is 4. The van der Waals surface area contributed by atoms with Crippen LogP contribution in [0.15, 0.2) is 103 Å². The molecule has 4 aromatic rings. The van der Waals surface area contributed by atoms with Crippen LogP contribution >= 0.6 is 0 Å². The average molecular weight is 484 g/mol. The van der Waals surface area contributed by atoms with Crippen molar-refractivity contribution in [3.63, 3.8) is 0 Å². The lowest BCUT2D eigenvalue weighted by molar-refractivity contribution is -0.138. The van der Waals surface area contributed by atoms with Crippen molar-refractivity contribution in [2.24, 2.45) is 0 Å². The van der Waals surface area contributed by atoms with Gasteiger partial charge in [-0.1, -0.05) is 78.9 Å². The van der Waals surface area contributed by atoms with Gasteiger partial charge in [-0.15, -0.1) is 0 Å². The molecule has 0 aliphatic carbocycles. The molecule has 0 spiro atoms.